The second-order valence-corrected chi connectivity index (χ2v) is 9.75. The summed E-state index contributed by atoms with van der Waals surface area (Å²) in [6.07, 6.45) is 0. The van der Waals surface area contributed by atoms with E-state index in [2.05, 4.69) is 10.3 Å². The fraction of sp³-hybridized carbons (Fsp3) is 0.0476. The Bertz CT molecular complexity index is 1270. The highest BCUT2D eigenvalue weighted by Gasteiger charge is 2.20. The van der Waals surface area contributed by atoms with Gasteiger partial charge >= 0.3 is 0 Å². The largest absolute Gasteiger partial charge is 0.325 e. The normalized spacial score (nSPS) is 11.5. The van der Waals surface area contributed by atoms with E-state index in [0.717, 1.165) is 20.8 Å². The number of amides is 1. The molecule has 3 aromatic carbocycles. The summed E-state index contributed by atoms with van der Waals surface area (Å²) >= 11 is 7.31. The van der Waals surface area contributed by atoms with Crippen molar-refractivity contribution in [3.8, 4) is 10.6 Å². The zero-order valence-corrected chi connectivity index (χ0v) is 17.4. The highest BCUT2D eigenvalue weighted by atomic mass is 35.5. The Labute approximate surface area is 176 Å². The Morgan fingerprint density at radius 2 is 1.66 bits per heavy atom. The van der Waals surface area contributed by atoms with E-state index in [9.17, 15) is 13.2 Å². The van der Waals surface area contributed by atoms with Crippen LogP contribution >= 0.6 is 22.9 Å². The third-order valence-corrected chi connectivity index (χ3v) is 7.17. The molecule has 0 aliphatic rings. The second kappa shape index (κ2) is 7.94. The summed E-state index contributed by atoms with van der Waals surface area (Å²) < 4.78 is 26.0. The van der Waals surface area contributed by atoms with Gasteiger partial charge in [0.1, 0.15) is 10.8 Å². The number of hydrogen-bond acceptors (Lipinski definition) is 5. The maximum absolute atomic E-state index is 12.5. The summed E-state index contributed by atoms with van der Waals surface area (Å²) in [6.45, 7) is 0. The van der Waals surface area contributed by atoms with Crippen molar-refractivity contribution in [2.24, 2.45) is 0 Å². The molecule has 1 N–H and O–H groups in total. The first kappa shape index (κ1) is 19.6. The fourth-order valence-corrected chi connectivity index (χ4v) is 5.12. The van der Waals surface area contributed by atoms with Crippen molar-refractivity contribution in [1.82, 2.24) is 4.98 Å². The van der Waals surface area contributed by atoms with Crippen molar-refractivity contribution in [2.45, 2.75) is 4.90 Å². The minimum atomic E-state index is -3.78. The molecule has 0 bridgehead atoms. The van der Waals surface area contributed by atoms with Gasteiger partial charge in [0, 0.05) is 10.6 Å². The number of carbonyl (C=O) groups is 1. The minimum absolute atomic E-state index is 0.0523. The summed E-state index contributed by atoms with van der Waals surface area (Å²) in [5.74, 6) is -1.28. The first-order valence-corrected chi connectivity index (χ1v) is 11.5. The lowest BCUT2D eigenvalue weighted by Crippen LogP contribution is -2.23. The molecule has 1 aromatic heterocycles. The first-order valence-electron chi connectivity index (χ1n) is 8.65. The van der Waals surface area contributed by atoms with Gasteiger partial charge in [-0.1, -0.05) is 35.9 Å². The maximum Gasteiger partial charge on any atom is 0.239 e. The number of benzene rings is 3. The van der Waals surface area contributed by atoms with Crippen LogP contribution < -0.4 is 5.32 Å². The molecule has 4 aromatic rings. The number of aromatic nitrogens is 1. The second-order valence-electron chi connectivity index (χ2n) is 6.29. The van der Waals surface area contributed by atoms with E-state index in [4.69, 9.17) is 11.6 Å². The van der Waals surface area contributed by atoms with Gasteiger partial charge in [-0.2, -0.15) is 0 Å². The molecule has 29 heavy (non-hydrogen) atoms. The molecule has 4 rings (SSSR count). The third-order valence-electron chi connectivity index (χ3n) is 4.22. The molecule has 0 radical (unpaired) electrons. The van der Waals surface area contributed by atoms with Gasteiger partial charge < -0.3 is 5.32 Å². The Morgan fingerprint density at radius 1 is 0.966 bits per heavy atom. The molecular formula is C21H15ClN2O3S2. The molecule has 0 saturated carbocycles. The fourth-order valence-electron chi connectivity index (χ4n) is 2.85. The molecule has 0 fully saturated rings. The quantitative estimate of drug-likeness (QED) is 0.470. The van der Waals surface area contributed by atoms with Crippen molar-refractivity contribution >= 4 is 54.6 Å². The number of thiazole rings is 1. The maximum atomic E-state index is 12.5. The van der Waals surface area contributed by atoms with Gasteiger partial charge in [0.15, 0.2) is 9.84 Å². The van der Waals surface area contributed by atoms with E-state index >= 15 is 0 Å². The number of carbonyl (C=O) groups excluding carboxylic acids is 1. The smallest absolute Gasteiger partial charge is 0.239 e. The van der Waals surface area contributed by atoms with Crippen molar-refractivity contribution in [3.63, 3.8) is 0 Å². The third kappa shape index (κ3) is 4.32. The average molecular weight is 443 g/mol. The lowest BCUT2D eigenvalue weighted by molar-refractivity contribution is -0.113. The highest BCUT2D eigenvalue weighted by Crippen LogP contribution is 2.34. The van der Waals surface area contributed by atoms with E-state index in [-0.39, 0.29) is 4.90 Å². The standard InChI is InChI=1S/C21H15ClN2O3S2/c22-14-9-11-15(12-10-14)29(26,27)13-20(25)23-17-6-2-1-5-16(17)21-24-18-7-3-4-8-19(18)28-21/h1-12H,13H2,(H,23,25). The number of sulfone groups is 1. The van der Waals surface area contributed by atoms with Crippen LogP contribution in [-0.4, -0.2) is 25.1 Å². The van der Waals surface area contributed by atoms with Crippen molar-refractivity contribution in [3.05, 3.63) is 77.8 Å². The predicted octanol–water partition coefficient (Wildman–Crippen LogP) is 5.03. The zero-order valence-electron chi connectivity index (χ0n) is 15.0. The Hall–Kier alpha value is -2.74. The zero-order chi connectivity index (χ0) is 20.4. The van der Waals surface area contributed by atoms with Gasteiger partial charge in [0.05, 0.1) is 20.8 Å². The van der Waals surface area contributed by atoms with Crippen LogP contribution in [0.3, 0.4) is 0 Å². The SMILES string of the molecule is O=C(CS(=O)(=O)c1ccc(Cl)cc1)Nc1ccccc1-c1nc2ccccc2s1. The van der Waals surface area contributed by atoms with Gasteiger partial charge in [-0.3, -0.25) is 4.79 Å². The van der Waals surface area contributed by atoms with Crippen molar-refractivity contribution in [1.29, 1.82) is 0 Å². The van der Waals surface area contributed by atoms with Gasteiger partial charge in [-0.25, -0.2) is 13.4 Å². The predicted molar refractivity (Wildman–Crippen MR) is 117 cm³/mol. The van der Waals surface area contributed by atoms with Crippen LogP contribution in [0.15, 0.2) is 77.7 Å². The number of rotatable bonds is 5. The Morgan fingerprint density at radius 3 is 2.41 bits per heavy atom. The molecule has 8 heteroatoms. The van der Waals surface area contributed by atoms with Gasteiger partial charge in [-0.15, -0.1) is 11.3 Å². The molecular weight excluding hydrogens is 428 g/mol. The van der Waals surface area contributed by atoms with E-state index < -0.39 is 21.5 Å². The van der Waals surface area contributed by atoms with E-state index in [0.29, 0.717) is 10.7 Å². The topological polar surface area (TPSA) is 76.1 Å². The molecule has 0 unspecified atom stereocenters. The average Bonchev–Trinajstić information content (AvgIpc) is 3.12. The number of nitrogens with one attached hydrogen (secondary N) is 1. The number of halogens is 1. The van der Waals surface area contributed by atoms with Crippen LogP contribution in [0.4, 0.5) is 5.69 Å². The first-order chi connectivity index (χ1) is 13.9. The molecule has 0 aliphatic carbocycles. The van der Waals surface area contributed by atoms with E-state index in [1.165, 1.54) is 35.6 Å². The lowest BCUT2D eigenvalue weighted by atomic mass is 10.2. The minimum Gasteiger partial charge on any atom is -0.325 e. The van der Waals surface area contributed by atoms with Crippen molar-refractivity contribution < 1.29 is 13.2 Å². The number of fused-ring (bicyclic) bond motifs is 1. The van der Waals surface area contributed by atoms with Crippen LogP contribution in [-0.2, 0) is 14.6 Å². The highest BCUT2D eigenvalue weighted by molar-refractivity contribution is 7.92. The van der Waals surface area contributed by atoms with Crippen molar-refractivity contribution in [2.75, 3.05) is 11.1 Å². The molecule has 146 valence electrons. The van der Waals surface area contributed by atoms with Crippen LogP contribution in [0.5, 0.6) is 0 Å². The summed E-state index contributed by atoms with van der Waals surface area (Å²) in [6, 6.07) is 20.7. The molecule has 1 heterocycles. The van der Waals surface area contributed by atoms with Crippen LogP contribution in [0, 0.1) is 0 Å². The summed E-state index contributed by atoms with van der Waals surface area (Å²) in [4.78, 5) is 17.2. The van der Waals surface area contributed by atoms with Crippen LogP contribution in [0.2, 0.25) is 5.02 Å². The van der Waals surface area contributed by atoms with Gasteiger partial charge in [-0.05, 0) is 48.5 Å². The Kier molecular flexibility index (Phi) is 5.36. The molecule has 0 atom stereocenters. The van der Waals surface area contributed by atoms with E-state index in [1.54, 1.807) is 12.1 Å². The summed E-state index contributed by atoms with van der Waals surface area (Å²) in [5, 5.41) is 3.89. The number of hydrogen-bond donors (Lipinski definition) is 1. The molecule has 0 saturated heterocycles. The van der Waals surface area contributed by atoms with Crippen LogP contribution in [0.25, 0.3) is 20.8 Å². The lowest BCUT2D eigenvalue weighted by Gasteiger charge is -2.10. The summed E-state index contributed by atoms with van der Waals surface area (Å²) in [5.41, 5.74) is 2.13. The number of nitrogens with zero attached hydrogens (tertiary/aromatic N) is 1. The monoisotopic (exact) mass is 442 g/mol. The number of anilines is 1. The Balaban J connectivity index is 1.58. The van der Waals surface area contributed by atoms with Crippen LogP contribution in [0.1, 0.15) is 0 Å². The molecule has 5 nitrogen and oxygen atoms in total. The summed E-state index contributed by atoms with van der Waals surface area (Å²) in [7, 11) is -3.78. The number of para-hydroxylation sites is 2. The molecule has 1 amide bonds. The van der Waals surface area contributed by atoms with Gasteiger partial charge in [0.25, 0.3) is 0 Å². The molecule has 0 aliphatic heterocycles. The van der Waals surface area contributed by atoms with E-state index in [1.807, 2.05) is 36.4 Å². The van der Waals surface area contributed by atoms with Gasteiger partial charge in [0.2, 0.25) is 5.91 Å². The molecule has 0 spiro atoms.